The van der Waals surface area contributed by atoms with E-state index in [4.69, 9.17) is 0 Å². The molecule has 0 unspecified atom stereocenters. The third-order valence-electron chi connectivity index (χ3n) is 3.03. The van der Waals surface area contributed by atoms with Crippen molar-refractivity contribution in [1.29, 1.82) is 0 Å². The minimum Gasteiger partial charge on any atom is -0.494 e. The van der Waals surface area contributed by atoms with Crippen molar-refractivity contribution >= 4 is 18.2 Å². The lowest BCUT2D eigenvalue weighted by Gasteiger charge is -2.12. The summed E-state index contributed by atoms with van der Waals surface area (Å²) in [6, 6.07) is 0.915. The molecule has 0 saturated carbocycles. The van der Waals surface area contributed by atoms with Gasteiger partial charge in [0.25, 0.3) is 0 Å². The number of hydrogen-bond donors (Lipinski definition) is 0. The van der Waals surface area contributed by atoms with Gasteiger partial charge < -0.3 is 4.74 Å². The van der Waals surface area contributed by atoms with Gasteiger partial charge in [-0.3, -0.25) is 0 Å². The van der Waals surface area contributed by atoms with Crippen LogP contribution in [0.25, 0.3) is 0 Å². The molecule has 0 spiro atoms. The Morgan fingerprint density at radius 3 is 2.00 bits per heavy atom. The summed E-state index contributed by atoms with van der Waals surface area (Å²) < 4.78 is 86.1. The first kappa shape index (κ1) is 16.3. The van der Waals surface area contributed by atoms with Crippen LogP contribution in [-0.4, -0.2) is 14.4 Å². The Kier molecular flexibility index (Phi) is 4.39. The zero-order valence-corrected chi connectivity index (χ0v) is 11.4. The van der Waals surface area contributed by atoms with E-state index in [-0.39, 0.29) is 11.6 Å². The number of rotatable bonds is 3. The molecule has 1 radical (unpaired) electrons. The highest BCUT2D eigenvalue weighted by Crippen LogP contribution is 2.19. The van der Waals surface area contributed by atoms with Crippen LogP contribution in [0.5, 0.6) is 5.75 Å². The van der Waals surface area contributed by atoms with Gasteiger partial charge in [0.05, 0.1) is 7.11 Å². The fraction of sp³-hybridized carbons (Fsp3) is 0.143. The molecule has 2 aromatic carbocycles. The van der Waals surface area contributed by atoms with Crippen LogP contribution in [0.2, 0.25) is 0 Å². The van der Waals surface area contributed by atoms with Gasteiger partial charge in [0, 0.05) is 11.5 Å². The Bertz CT molecular complexity index is 747. The first-order chi connectivity index (χ1) is 10.3. The number of ether oxygens (including phenoxy) is 1. The van der Waals surface area contributed by atoms with Crippen molar-refractivity contribution in [3.05, 3.63) is 52.6 Å². The average molecular weight is 317 g/mol. The minimum absolute atomic E-state index is 0.230. The van der Waals surface area contributed by atoms with Gasteiger partial charge in [0.1, 0.15) is 5.82 Å². The van der Waals surface area contributed by atoms with Crippen molar-refractivity contribution in [2.45, 2.75) is 6.92 Å². The van der Waals surface area contributed by atoms with Gasteiger partial charge in [-0.05, 0) is 24.0 Å². The summed E-state index contributed by atoms with van der Waals surface area (Å²) in [4.78, 5) is 0. The molecular formula is C14H8BF6O. The zero-order valence-electron chi connectivity index (χ0n) is 11.4. The highest BCUT2D eigenvalue weighted by molar-refractivity contribution is 6.68. The van der Waals surface area contributed by atoms with Crippen molar-refractivity contribution in [3.8, 4) is 5.75 Å². The highest BCUT2D eigenvalue weighted by atomic mass is 19.2. The fourth-order valence-electron chi connectivity index (χ4n) is 1.94. The van der Waals surface area contributed by atoms with Crippen LogP contribution in [0.3, 0.4) is 0 Å². The van der Waals surface area contributed by atoms with Gasteiger partial charge in [-0.2, -0.15) is 0 Å². The van der Waals surface area contributed by atoms with Crippen LogP contribution in [0, 0.1) is 41.8 Å². The van der Waals surface area contributed by atoms with Gasteiger partial charge in [-0.1, -0.05) is 0 Å². The van der Waals surface area contributed by atoms with Crippen LogP contribution in [0.15, 0.2) is 12.1 Å². The van der Waals surface area contributed by atoms with Crippen molar-refractivity contribution in [2.24, 2.45) is 0 Å². The second kappa shape index (κ2) is 5.94. The van der Waals surface area contributed by atoms with Gasteiger partial charge in [-0.25, -0.2) is 26.3 Å². The maximum Gasteiger partial charge on any atom is 0.208 e. The van der Waals surface area contributed by atoms with Gasteiger partial charge in [0.15, 0.2) is 34.8 Å². The SMILES string of the molecule is COc1c(F)cc(F)c(F)c1[B]c1c(F)cc(C)c(F)c1F. The molecule has 0 fully saturated rings. The lowest BCUT2D eigenvalue weighted by molar-refractivity contribution is 0.381. The van der Waals surface area contributed by atoms with E-state index in [9.17, 15) is 26.3 Å². The minimum atomic E-state index is -1.59. The molecule has 2 rings (SSSR count). The summed E-state index contributed by atoms with van der Waals surface area (Å²) in [7, 11) is 1.42. The maximum atomic E-state index is 13.8. The van der Waals surface area contributed by atoms with Crippen molar-refractivity contribution in [3.63, 3.8) is 0 Å². The van der Waals surface area contributed by atoms with E-state index in [1.54, 1.807) is 0 Å². The van der Waals surface area contributed by atoms with E-state index in [1.165, 1.54) is 0 Å². The normalized spacial score (nSPS) is 10.7. The number of benzene rings is 2. The quantitative estimate of drug-likeness (QED) is 0.480. The first-order valence-electron chi connectivity index (χ1n) is 5.98. The third-order valence-corrected chi connectivity index (χ3v) is 3.03. The summed E-state index contributed by atoms with van der Waals surface area (Å²) in [5.41, 5.74) is -2.13. The molecule has 0 saturated heterocycles. The van der Waals surface area contributed by atoms with Crippen molar-refractivity contribution in [2.75, 3.05) is 7.11 Å². The van der Waals surface area contributed by atoms with E-state index < -0.39 is 51.6 Å². The summed E-state index contributed by atoms with van der Waals surface area (Å²) in [6.07, 6.45) is 0. The Hall–Kier alpha value is -2.12. The zero-order chi connectivity index (χ0) is 16.6. The summed E-state index contributed by atoms with van der Waals surface area (Å²) in [5, 5.41) is 0. The molecule has 0 atom stereocenters. The van der Waals surface area contributed by atoms with Crippen molar-refractivity contribution < 1.29 is 31.1 Å². The fourth-order valence-corrected chi connectivity index (χ4v) is 1.94. The predicted octanol–water partition coefficient (Wildman–Crippen LogP) is 2.49. The Morgan fingerprint density at radius 1 is 0.773 bits per heavy atom. The predicted molar refractivity (Wildman–Crippen MR) is 68.9 cm³/mol. The van der Waals surface area contributed by atoms with Gasteiger partial charge in [-0.15, -0.1) is 0 Å². The molecule has 22 heavy (non-hydrogen) atoms. The lowest BCUT2D eigenvalue weighted by atomic mass is 9.62. The topological polar surface area (TPSA) is 9.23 Å². The Balaban J connectivity index is 2.64. The van der Waals surface area contributed by atoms with Crippen LogP contribution in [0.1, 0.15) is 5.56 Å². The molecule has 0 aliphatic heterocycles. The number of aryl methyl sites for hydroxylation is 1. The smallest absolute Gasteiger partial charge is 0.208 e. The molecule has 8 heteroatoms. The third kappa shape index (κ3) is 2.65. The van der Waals surface area contributed by atoms with Crippen LogP contribution < -0.4 is 15.7 Å². The van der Waals surface area contributed by atoms with E-state index in [0.29, 0.717) is 13.3 Å². The summed E-state index contributed by atoms with van der Waals surface area (Å²) >= 11 is 0. The van der Waals surface area contributed by atoms with Crippen LogP contribution >= 0.6 is 0 Å². The van der Waals surface area contributed by atoms with Crippen LogP contribution in [-0.2, 0) is 0 Å². The van der Waals surface area contributed by atoms with Crippen molar-refractivity contribution in [1.82, 2.24) is 0 Å². The van der Waals surface area contributed by atoms with Gasteiger partial charge in [0.2, 0.25) is 7.28 Å². The molecule has 0 N–H and O–H groups in total. The standard InChI is InChI=1S/C14H8BF6O/c1-5-3-6(16)9(13(21)11(5)19)15-10-12(20)7(17)4-8(18)14(10)22-2/h3-4H,1-2H3. The molecular weight excluding hydrogens is 309 g/mol. The molecule has 0 aliphatic rings. The molecule has 0 aliphatic carbocycles. The molecule has 1 nitrogen and oxygen atoms in total. The monoisotopic (exact) mass is 317 g/mol. The molecule has 2 aromatic rings. The van der Waals surface area contributed by atoms with E-state index in [0.717, 1.165) is 14.0 Å². The highest BCUT2D eigenvalue weighted by Gasteiger charge is 2.25. The van der Waals surface area contributed by atoms with Gasteiger partial charge >= 0.3 is 0 Å². The first-order valence-corrected chi connectivity index (χ1v) is 5.98. The number of hydrogen-bond acceptors (Lipinski definition) is 1. The lowest BCUT2D eigenvalue weighted by Crippen LogP contribution is -2.37. The average Bonchev–Trinajstić information content (AvgIpc) is 2.46. The van der Waals surface area contributed by atoms with E-state index in [1.807, 2.05) is 0 Å². The molecule has 0 bridgehead atoms. The largest absolute Gasteiger partial charge is 0.494 e. The Labute approximate surface area is 122 Å². The van der Waals surface area contributed by atoms with E-state index >= 15 is 0 Å². The summed E-state index contributed by atoms with van der Waals surface area (Å²) in [5.74, 6) is -9.30. The second-order valence-electron chi connectivity index (χ2n) is 4.46. The van der Waals surface area contributed by atoms with Crippen LogP contribution in [0.4, 0.5) is 26.3 Å². The van der Waals surface area contributed by atoms with E-state index in [2.05, 4.69) is 4.74 Å². The number of halogens is 6. The molecule has 0 aromatic heterocycles. The molecule has 0 heterocycles. The number of methoxy groups -OCH3 is 1. The molecule has 115 valence electrons. The maximum absolute atomic E-state index is 13.8. The summed E-state index contributed by atoms with van der Waals surface area (Å²) in [6.45, 7) is 1.13. The Morgan fingerprint density at radius 2 is 1.41 bits per heavy atom. The molecule has 0 amide bonds. The second-order valence-corrected chi connectivity index (χ2v) is 4.46.